The Balaban J connectivity index is 1.51. The Labute approximate surface area is 204 Å². The molecule has 0 fully saturated rings. The van der Waals surface area contributed by atoms with Crippen LogP contribution in [0.3, 0.4) is 0 Å². The van der Waals surface area contributed by atoms with E-state index in [-0.39, 0.29) is 36.1 Å². The highest BCUT2D eigenvalue weighted by molar-refractivity contribution is 5.93. The molecule has 0 saturated carbocycles. The van der Waals surface area contributed by atoms with E-state index in [0.29, 0.717) is 16.7 Å². The third-order valence-electron chi connectivity index (χ3n) is 5.75. The maximum Gasteiger partial charge on any atom is 0.419 e. The van der Waals surface area contributed by atoms with E-state index < -0.39 is 11.7 Å². The minimum absolute atomic E-state index is 0.00750. The van der Waals surface area contributed by atoms with Crippen LogP contribution in [-0.4, -0.2) is 9.97 Å². The molecule has 0 radical (unpaired) electrons. The molecule has 4 N–H and O–H groups in total. The van der Waals surface area contributed by atoms with Crippen LogP contribution in [0.2, 0.25) is 0 Å². The highest BCUT2D eigenvalue weighted by Gasteiger charge is 2.35. The number of alkyl halides is 3. The smallest absolute Gasteiger partial charge is 0.419 e. The highest BCUT2D eigenvalue weighted by atomic mass is 19.4. The molecule has 182 valence electrons. The van der Waals surface area contributed by atoms with Gasteiger partial charge in [-0.05, 0) is 47.5 Å². The van der Waals surface area contributed by atoms with Crippen LogP contribution in [0.1, 0.15) is 16.9 Å². The largest absolute Gasteiger partial charge is 0.488 e. The summed E-state index contributed by atoms with van der Waals surface area (Å²) in [5.74, 6) is 0.579. The molecule has 0 aliphatic carbocycles. The topological polar surface area (TPSA) is 100 Å². The van der Waals surface area contributed by atoms with Crippen LogP contribution < -0.4 is 16.2 Å². The molecular formula is C27H21F3N4O2. The van der Waals surface area contributed by atoms with E-state index in [1.165, 1.54) is 12.1 Å². The average Bonchev–Trinajstić information content (AvgIpc) is 3.36. The van der Waals surface area contributed by atoms with Gasteiger partial charge in [0.1, 0.15) is 23.9 Å². The molecule has 2 aromatic heterocycles. The van der Waals surface area contributed by atoms with Crippen LogP contribution in [-0.2, 0) is 19.3 Å². The third-order valence-corrected chi connectivity index (χ3v) is 5.75. The van der Waals surface area contributed by atoms with E-state index in [1.807, 2.05) is 12.1 Å². The molecular weight excluding hydrogens is 469 g/mol. The van der Waals surface area contributed by atoms with Crippen molar-refractivity contribution in [1.82, 2.24) is 9.97 Å². The van der Waals surface area contributed by atoms with Crippen molar-refractivity contribution in [1.29, 1.82) is 0 Å². The monoisotopic (exact) mass is 490 g/mol. The van der Waals surface area contributed by atoms with Crippen LogP contribution in [0, 0.1) is 0 Å². The normalized spacial score (nSPS) is 11.7. The Bertz CT molecular complexity index is 1530. The van der Waals surface area contributed by atoms with E-state index in [1.54, 1.807) is 48.7 Å². The van der Waals surface area contributed by atoms with Gasteiger partial charge in [0.25, 0.3) is 0 Å². The van der Waals surface area contributed by atoms with E-state index >= 15 is 0 Å². The first-order valence-electron chi connectivity index (χ1n) is 11.1. The maximum atomic E-state index is 13.9. The molecule has 0 saturated heterocycles. The second kappa shape index (κ2) is 9.35. The number of fused-ring (bicyclic) bond motifs is 1. The minimum atomic E-state index is -4.63. The summed E-state index contributed by atoms with van der Waals surface area (Å²) in [7, 11) is 0. The molecule has 9 heteroatoms. The quantitative estimate of drug-likeness (QED) is 0.294. The SMILES string of the molecule is NCc1occc1-c1ccc2nc(-c3ccc(OCc4ccccc4)c(C(F)(F)F)c3)nc(N)c2c1. The number of aromatic nitrogens is 2. The minimum Gasteiger partial charge on any atom is -0.488 e. The summed E-state index contributed by atoms with van der Waals surface area (Å²) < 4.78 is 52.5. The zero-order valence-electron chi connectivity index (χ0n) is 18.9. The number of hydrogen-bond acceptors (Lipinski definition) is 6. The lowest BCUT2D eigenvalue weighted by Gasteiger charge is -2.15. The first-order valence-corrected chi connectivity index (χ1v) is 11.1. The Morgan fingerprint density at radius 1 is 0.889 bits per heavy atom. The lowest BCUT2D eigenvalue weighted by molar-refractivity contribution is -0.139. The second-order valence-electron chi connectivity index (χ2n) is 8.11. The first-order chi connectivity index (χ1) is 17.3. The number of rotatable bonds is 6. The van der Waals surface area contributed by atoms with Gasteiger partial charge in [-0.3, -0.25) is 0 Å². The van der Waals surface area contributed by atoms with Gasteiger partial charge < -0.3 is 20.6 Å². The number of nitrogens with zero attached hydrogens (tertiary/aromatic N) is 2. The van der Waals surface area contributed by atoms with Crippen molar-refractivity contribution >= 4 is 16.7 Å². The molecule has 0 unspecified atom stereocenters. The number of hydrogen-bond donors (Lipinski definition) is 2. The summed E-state index contributed by atoms with van der Waals surface area (Å²) in [5, 5.41) is 0.569. The van der Waals surface area contributed by atoms with Crippen molar-refractivity contribution in [3.8, 4) is 28.3 Å². The summed E-state index contributed by atoms with van der Waals surface area (Å²) in [6.07, 6.45) is -3.08. The van der Waals surface area contributed by atoms with Gasteiger partial charge >= 0.3 is 6.18 Å². The summed E-state index contributed by atoms with van der Waals surface area (Å²) in [4.78, 5) is 8.76. The zero-order chi connectivity index (χ0) is 25.3. The fourth-order valence-electron chi connectivity index (χ4n) is 3.96. The molecule has 6 nitrogen and oxygen atoms in total. The lowest BCUT2D eigenvalue weighted by atomic mass is 10.0. The molecule has 0 aliphatic heterocycles. The number of ether oxygens (including phenoxy) is 1. The number of nitrogen functional groups attached to an aromatic ring is 1. The van der Waals surface area contributed by atoms with Gasteiger partial charge in [0.05, 0.1) is 23.9 Å². The van der Waals surface area contributed by atoms with E-state index in [9.17, 15) is 13.2 Å². The molecule has 0 atom stereocenters. The van der Waals surface area contributed by atoms with E-state index in [2.05, 4.69) is 9.97 Å². The predicted molar refractivity (Wildman–Crippen MR) is 131 cm³/mol. The van der Waals surface area contributed by atoms with Gasteiger partial charge in [-0.15, -0.1) is 0 Å². The van der Waals surface area contributed by atoms with Gasteiger partial charge in [-0.1, -0.05) is 36.4 Å². The van der Waals surface area contributed by atoms with Crippen molar-refractivity contribution in [2.75, 3.05) is 5.73 Å². The van der Waals surface area contributed by atoms with Crippen molar-refractivity contribution in [3.63, 3.8) is 0 Å². The van der Waals surface area contributed by atoms with E-state index in [0.717, 1.165) is 22.8 Å². The standard InChI is InChI=1S/C27H21F3N4O2/c28-27(29,30)21-13-18(7-9-23(21)36-15-16-4-2-1-3-5-16)26-33-22-8-6-17(12-20(22)25(32)34-26)19-10-11-35-24(19)14-31/h1-13H,14-15,31H2,(H2,32,33,34). The van der Waals surface area contributed by atoms with Gasteiger partial charge in [0.15, 0.2) is 5.82 Å². The van der Waals surface area contributed by atoms with Crippen LogP contribution in [0.15, 0.2) is 83.5 Å². The third kappa shape index (κ3) is 4.60. The molecule has 5 aromatic rings. The van der Waals surface area contributed by atoms with Crippen molar-refractivity contribution < 1.29 is 22.3 Å². The Morgan fingerprint density at radius 3 is 2.42 bits per heavy atom. The molecule has 0 aliphatic rings. The van der Waals surface area contributed by atoms with Crippen molar-refractivity contribution in [3.05, 3.63) is 95.9 Å². The summed E-state index contributed by atoms with van der Waals surface area (Å²) in [6, 6.07) is 19.9. The fourth-order valence-corrected chi connectivity index (χ4v) is 3.96. The average molecular weight is 490 g/mol. The van der Waals surface area contributed by atoms with E-state index in [4.69, 9.17) is 20.6 Å². The van der Waals surface area contributed by atoms with Crippen LogP contribution >= 0.6 is 0 Å². The first kappa shape index (κ1) is 23.4. The molecule has 0 spiro atoms. The molecule has 36 heavy (non-hydrogen) atoms. The van der Waals surface area contributed by atoms with Crippen LogP contribution in [0.4, 0.5) is 19.0 Å². The molecule has 5 rings (SSSR count). The van der Waals surface area contributed by atoms with Crippen LogP contribution in [0.25, 0.3) is 33.4 Å². The molecule has 0 amide bonds. The number of halogens is 3. The van der Waals surface area contributed by atoms with Gasteiger partial charge in [0, 0.05) is 16.5 Å². The number of furan rings is 1. The number of anilines is 1. The Hall–Kier alpha value is -4.37. The molecule has 3 aromatic carbocycles. The fraction of sp³-hybridized carbons (Fsp3) is 0.111. The van der Waals surface area contributed by atoms with Crippen molar-refractivity contribution in [2.24, 2.45) is 5.73 Å². The predicted octanol–water partition coefficient (Wildman–Crippen LogP) is 6.20. The maximum absolute atomic E-state index is 13.9. The van der Waals surface area contributed by atoms with Crippen molar-refractivity contribution in [2.45, 2.75) is 19.3 Å². The number of nitrogens with two attached hydrogens (primary N) is 2. The van der Waals surface area contributed by atoms with Gasteiger partial charge in [-0.2, -0.15) is 13.2 Å². The summed E-state index contributed by atoms with van der Waals surface area (Å²) in [5.41, 5.74) is 14.1. The Morgan fingerprint density at radius 2 is 1.67 bits per heavy atom. The van der Waals surface area contributed by atoms with Gasteiger partial charge in [-0.25, -0.2) is 9.97 Å². The zero-order valence-corrected chi connectivity index (χ0v) is 18.9. The number of benzene rings is 3. The summed E-state index contributed by atoms with van der Waals surface area (Å²) >= 11 is 0. The molecule has 0 bridgehead atoms. The summed E-state index contributed by atoms with van der Waals surface area (Å²) in [6.45, 7) is 0.242. The van der Waals surface area contributed by atoms with Crippen LogP contribution in [0.5, 0.6) is 5.75 Å². The molecule has 2 heterocycles. The highest BCUT2D eigenvalue weighted by Crippen LogP contribution is 2.39. The lowest BCUT2D eigenvalue weighted by Crippen LogP contribution is -2.09. The Kier molecular flexibility index (Phi) is 6.07. The second-order valence-corrected chi connectivity index (χ2v) is 8.11. The van der Waals surface area contributed by atoms with Gasteiger partial charge in [0.2, 0.25) is 0 Å².